The van der Waals surface area contributed by atoms with Gasteiger partial charge in [-0.1, -0.05) is 216 Å². The molecule has 2 aliphatic heterocycles. The van der Waals surface area contributed by atoms with Gasteiger partial charge in [0, 0.05) is 59.5 Å². The first kappa shape index (κ1) is 43.8. The number of rotatable bonds is 5. The Bertz CT molecular complexity index is 4070. The summed E-state index contributed by atoms with van der Waals surface area (Å²) in [5.74, 6) is 0. The summed E-state index contributed by atoms with van der Waals surface area (Å²) in [5.41, 5.74) is 22.5. The van der Waals surface area contributed by atoms with Gasteiger partial charge in [0.1, 0.15) is 11.2 Å². The van der Waals surface area contributed by atoms with E-state index in [2.05, 4.69) is 263 Å². The number of anilines is 3. The first-order valence-electron chi connectivity index (χ1n) is 25.6. The molecule has 2 aromatic heterocycles. The predicted octanol–water partition coefficient (Wildman–Crippen LogP) is 17.0. The Morgan fingerprint density at radius 2 is 1.03 bits per heavy atom. The predicted molar refractivity (Wildman–Crippen MR) is 312 cm³/mol. The molecule has 0 N–H and O–H groups in total. The minimum absolute atomic E-state index is 0.0151. The maximum absolute atomic E-state index is 6.67. The van der Waals surface area contributed by atoms with E-state index in [0.29, 0.717) is 0 Å². The zero-order valence-electron chi connectivity index (χ0n) is 42.0. The third-order valence-corrected chi connectivity index (χ3v) is 16.8. The Morgan fingerprint density at radius 1 is 0.438 bits per heavy atom. The van der Waals surface area contributed by atoms with Crippen LogP contribution in [0.25, 0.3) is 82.8 Å². The highest BCUT2D eigenvalue weighted by Crippen LogP contribution is 2.51. The molecule has 4 heterocycles. The van der Waals surface area contributed by atoms with Gasteiger partial charge in [0.25, 0.3) is 0 Å². The molecule has 3 nitrogen and oxygen atoms in total. The summed E-state index contributed by atoms with van der Waals surface area (Å²) in [6.45, 7) is 13.8. The lowest BCUT2D eigenvalue weighted by Crippen LogP contribution is -2.60. The first-order chi connectivity index (χ1) is 35.5. The topological polar surface area (TPSA) is 21.3 Å². The second kappa shape index (κ2) is 16.3. The Labute approximate surface area is 431 Å². The van der Waals surface area contributed by atoms with Crippen LogP contribution in [0.1, 0.15) is 52.7 Å². The van der Waals surface area contributed by atoms with Crippen molar-refractivity contribution >= 4 is 95.7 Å². The molecule has 12 aromatic rings. The largest absolute Gasteiger partial charge is 0.456 e. The Balaban J connectivity index is 1.14. The van der Waals surface area contributed by atoms with E-state index >= 15 is 0 Å². The molecule has 0 aliphatic carbocycles. The highest BCUT2D eigenvalue weighted by molar-refractivity contribution is 8.00. The Morgan fingerprint density at radius 3 is 1.64 bits per heavy atom. The maximum Gasteiger partial charge on any atom is 0.249 e. The number of fused-ring (bicyclic) bond motifs is 11. The van der Waals surface area contributed by atoms with Crippen LogP contribution in [0, 0.1) is 0 Å². The van der Waals surface area contributed by atoms with Crippen LogP contribution in [0.3, 0.4) is 0 Å². The lowest BCUT2D eigenvalue weighted by atomic mass is 9.34. The van der Waals surface area contributed by atoms with Crippen LogP contribution in [0.15, 0.2) is 227 Å². The molecule has 14 rings (SSSR count). The number of hydrogen-bond acceptors (Lipinski definition) is 3. The summed E-state index contributed by atoms with van der Waals surface area (Å²) in [6, 6.07) is 79.4. The van der Waals surface area contributed by atoms with E-state index in [1.807, 2.05) is 11.8 Å². The van der Waals surface area contributed by atoms with Crippen molar-refractivity contribution in [1.29, 1.82) is 0 Å². The summed E-state index contributed by atoms with van der Waals surface area (Å²) in [4.78, 5) is 5.14. The zero-order chi connectivity index (χ0) is 49.3. The van der Waals surface area contributed by atoms with Gasteiger partial charge in [-0.3, -0.25) is 0 Å². The van der Waals surface area contributed by atoms with Crippen molar-refractivity contribution in [2.24, 2.45) is 0 Å². The zero-order valence-corrected chi connectivity index (χ0v) is 42.8. The van der Waals surface area contributed by atoms with Gasteiger partial charge in [0.15, 0.2) is 0 Å². The van der Waals surface area contributed by atoms with Crippen molar-refractivity contribution in [1.82, 2.24) is 4.57 Å². The summed E-state index contributed by atoms with van der Waals surface area (Å²) in [6.07, 6.45) is 0. The molecule has 0 bridgehead atoms. The molecule has 0 unspecified atom stereocenters. The molecule has 0 radical (unpaired) electrons. The molecule has 0 spiro atoms. The number of para-hydroxylation sites is 2. The maximum atomic E-state index is 6.67. The minimum atomic E-state index is -0.0748. The number of nitrogens with zero attached hydrogens (tertiary/aromatic N) is 2. The lowest BCUT2D eigenvalue weighted by molar-refractivity contribution is 0.590. The fourth-order valence-electron chi connectivity index (χ4n) is 11.9. The third-order valence-electron chi connectivity index (χ3n) is 15.6. The molecule has 0 saturated heterocycles. The van der Waals surface area contributed by atoms with Crippen LogP contribution in [-0.4, -0.2) is 11.3 Å². The number of hydrogen-bond donors (Lipinski definition) is 0. The van der Waals surface area contributed by atoms with E-state index in [-0.39, 0.29) is 17.5 Å². The summed E-state index contributed by atoms with van der Waals surface area (Å²) in [5, 5.41) is 4.88. The number of benzene rings is 10. The van der Waals surface area contributed by atoms with Crippen molar-refractivity contribution < 1.29 is 4.42 Å². The van der Waals surface area contributed by atoms with Crippen LogP contribution < -0.4 is 21.3 Å². The second-order valence-electron chi connectivity index (χ2n) is 22.1. The standard InChI is InChI=1S/C68H53BN2OS/c1-67(2,3)46-30-34-56-52(38-46)53-39-47(68(4,5)6)31-35-57(53)70(56)48-40-59-64-62(41-48)73-66-54(32-36-61-63(66)51-25-16-17-28-60(51)72-61)69(64)55-37-45(42-19-10-7-11-20-42)29-33-58(55)71(59)65-49(43-21-12-8-13-22-43)26-18-27-50(65)44-23-14-9-15-24-44/h7-41H,1-6H3. The molecule has 5 heteroatoms. The van der Waals surface area contributed by atoms with E-state index in [9.17, 15) is 0 Å². The van der Waals surface area contributed by atoms with Crippen molar-refractivity contribution in [2.75, 3.05) is 4.90 Å². The Kier molecular flexibility index (Phi) is 9.75. The summed E-state index contributed by atoms with van der Waals surface area (Å²) in [7, 11) is 0. The Hall–Kier alpha value is -7.99. The van der Waals surface area contributed by atoms with Gasteiger partial charge >= 0.3 is 0 Å². The summed E-state index contributed by atoms with van der Waals surface area (Å²) < 4.78 is 9.21. The van der Waals surface area contributed by atoms with Gasteiger partial charge in [-0.15, -0.1) is 0 Å². The molecular formula is C68H53BN2OS. The van der Waals surface area contributed by atoms with E-state index in [4.69, 9.17) is 4.42 Å². The molecule has 0 saturated carbocycles. The molecule has 2 aliphatic rings. The minimum Gasteiger partial charge on any atom is -0.456 e. The second-order valence-corrected chi connectivity index (χ2v) is 23.1. The monoisotopic (exact) mass is 956 g/mol. The van der Waals surface area contributed by atoms with E-state index in [1.54, 1.807) is 0 Å². The van der Waals surface area contributed by atoms with Gasteiger partial charge in [0.05, 0.1) is 16.7 Å². The molecule has 350 valence electrons. The van der Waals surface area contributed by atoms with Crippen LogP contribution in [-0.2, 0) is 10.8 Å². The lowest BCUT2D eigenvalue weighted by Gasteiger charge is -2.42. The van der Waals surface area contributed by atoms with Gasteiger partial charge in [0.2, 0.25) is 6.71 Å². The van der Waals surface area contributed by atoms with Gasteiger partial charge in [-0.2, -0.15) is 0 Å². The summed E-state index contributed by atoms with van der Waals surface area (Å²) >= 11 is 1.91. The fourth-order valence-corrected chi connectivity index (χ4v) is 13.3. The molecule has 73 heavy (non-hydrogen) atoms. The van der Waals surface area contributed by atoms with Crippen molar-refractivity contribution in [3.05, 3.63) is 223 Å². The smallest absolute Gasteiger partial charge is 0.249 e. The molecule has 0 fully saturated rings. The molecule has 0 amide bonds. The quantitative estimate of drug-likeness (QED) is 0.160. The van der Waals surface area contributed by atoms with Crippen LogP contribution in [0.4, 0.5) is 17.1 Å². The van der Waals surface area contributed by atoms with Crippen LogP contribution in [0.2, 0.25) is 0 Å². The number of aromatic nitrogens is 1. The number of furan rings is 1. The highest BCUT2D eigenvalue weighted by Gasteiger charge is 2.43. The fraction of sp³-hybridized carbons (Fsp3) is 0.118. The van der Waals surface area contributed by atoms with E-state index < -0.39 is 0 Å². The molecule has 0 atom stereocenters. The molecular weight excluding hydrogens is 904 g/mol. The average Bonchev–Trinajstić information content (AvgIpc) is 3.97. The van der Waals surface area contributed by atoms with Crippen molar-refractivity contribution in [3.8, 4) is 39.1 Å². The first-order valence-corrected chi connectivity index (χ1v) is 26.4. The molecule has 10 aromatic carbocycles. The van der Waals surface area contributed by atoms with Gasteiger partial charge < -0.3 is 13.9 Å². The van der Waals surface area contributed by atoms with Crippen molar-refractivity contribution in [2.45, 2.75) is 62.2 Å². The van der Waals surface area contributed by atoms with E-state index in [1.165, 1.54) is 109 Å². The highest BCUT2D eigenvalue weighted by atomic mass is 32.2. The van der Waals surface area contributed by atoms with Gasteiger partial charge in [-0.25, -0.2) is 0 Å². The van der Waals surface area contributed by atoms with Crippen molar-refractivity contribution in [3.63, 3.8) is 0 Å². The SMILES string of the molecule is CC(C)(C)c1ccc2c(c1)c1cc(C(C)(C)C)ccc1n2-c1cc2c3c(c1)N(c1c(-c4ccccc4)cccc1-c1ccccc1)c1ccc(-c4ccccc4)cc1B3c1ccc3oc4ccccc4c3c1S2. The van der Waals surface area contributed by atoms with Gasteiger partial charge in [-0.05, 0) is 110 Å². The van der Waals surface area contributed by atoms with E-state index in [0.717, 1.165) is 27.9 Å². The average molecular weight is 957 g/mol. The van der Waals surface area contributed by atoms with Crippen LogP contribution in [0.5, 0.6) is 0 Å². The van der Waals surface area contributed by atoms with Crippen LogP contribution >= 0.6 is 11.8 Å². The third kappa shape index (κ3) is 6.89. The normalized spacial score (nSPS) is 13.2.